The molecule has 0 saturated carbocycles. The van der Waals surface area contributed by atoms with E-state index < -0.39 is 11.9 Å². The highest BCUT2D eigenvalue weighted by atomic mass is 16.5. The topological polar surface area (TPSA) is 124 Å². The number of nitrogens with zero attached hydrogens (tertiary/aromatic N) is 4. The zero-order chi connectivity index (χ0) is 39.5. The molecule has 6 aliphatic heterocycles. The van der Waals surface area contributed by atoms with Gasteiger partial charge in [0, 0.05) is 86.0 Å². The van der Waals surface area contributed by atoms with E-state index in [-0.39, 0.29) is 41.9 Å². The molecule has 6 aliphatic rings. The summed E-state index contributed by atoms with van der Waals surface area (Å²) in [5.74, 6) is 2.52. The number of hydrogen-bond donors (Lipinski definition) is 2. The fraction of sp³-hybridized carbons (Fsp3) is 0.413. The average Bonchev–Trinajstić information content (AvgIpc) is 3.59. The summed E-state index contributed by atoms with van der Waals surface area (Å²) in [6.45, 7) is 7.34. The molecule has 0 aromatic heterocycles. The second-order valence-corrected chi connectivity index (χ2v) is 16.7. The van der Waals surface area contributed by atoms with E-state index in [1.54, 1.807) is 24.1 Å². The minimum absolute atomic E-state index is 0.0846. The Morgan fingerprint density at radius 3 is 2.40 bits per heavy atom. The van der Waals surface area contributed by atoms with Crippen LogP contribution in [0.2, 0.25) is 0 Å². The molecule has 2 N–H and O–H groups in total. The molecule has 0 spiro atoms. The Hall–Kier alpha value is -5.75. The van der Waals surface area contributed by atoms with Gasteiger partial charge in [-0.3, -0.25) is 24.6 Å². The van der Waals surface area contributed by atoms with Crippen LogP contribution in [0.15, 0.2) is 78.9 Å². The molecule has 0 radical (unpaired) electrons. The van der Waals surface area contributed by atoms with Gasteiger partial charge in [-0.2, -0.15) is 0 Å². The largest absolute Gasteiger partial charge is 0.508 e. The van der Waals surface area contributed by atoms with Gasteiger partial charge in [-0.15, -0.1) is 0 Å². The molecule has 4 aromatic carbocycles. The maximum absolute atomic E-state index is 13.4. The quantitative estimate of drug-likeness (QED) is 0.240. The third kappa shape index (κ3) is 6.57. The third-order valence-electron chi connectivity index (χ3n) is 13.4. The monoisotopic (exact) mass is 783 g/mol. The molecule has 10 rings (SSSR count). The van der Waals surface area contributed by atoms with Crippen LogP contribution in [0.1, 0.15) is 70.1 Å². The summed E-state index contributed by atoms with van der Waals surface area (Å²) < 4.78 is 18.1. The fourth-order valence-corrected chi connectivity index (χ4v) is 10.3. The molecule has 300 valence electrons. The Bertz CT molecular complexity index is 2240. The van der Waals surface area contributed by atoms with Gasteiger partial charge in [-0.05, 0) is 78.8 Å². The molecule has 12 heteroatoms. The van der Waals surface area contributed by atoms with Crippen molar-refractivity contribution in [3.8, 4) is 23.0 Å². The van der Waals surface area contributed by atoms with Crippen LogP contribution in [0.3, 0.4) is 0 Å². The van der Waals surface area contributed by atoms with Crippen molar-refractivity contribution in [1.82, 2.24) is 15.1 Å². The van der Waals surface area contributed by atoms with Crippen LogP contribution in [-0.2, 0) is 16.1 Å². The van der Waals surface area contributed by atoms with Crippen LogP contribution >= 0.6 is 0 Å². The lowest BCUT2D eigenvalue weighted by atomic mass is 9.76. The second-order valence-electron chi connectivity index (χ2n) is 16.7. The number of piperazine rings is 1. The van der Waals surface area contributed by atoms with Gasteiger partial charge in [-0.25, -0.2) is 0 Å². The second kappa shape index (κ2) is 14.9. The van der Waals surface area contributed by atoms with E-state index in [4.69, 9.17) is 14.2 Å². The molecule has 3 fully saturated rings. The number of benzene rings is 4. The lowest BCUT2D eigenvalue weighted by molar-refractivity contribution is -0.136. The highest BCUT2D eigenvalue weighted by Crippen LogP contribution is 2.48. The summed E-state index contributed by atoms with van der Waals surface area (Å²) >= 11 is 0. The Morgan fingerprint density at radius 2 is 1.62 bits per heavy atom. The van der Waals surface area contributed by atoms with Crippen LogP contribution in [0.5, 0.6) is 23.0 Å². The number of methoxy groups -OCH3 is 1. The fourth-order valence-electron chi connectivity index (χ4n) is 10.3. The molecular weight excluding hydrogens is 735 g/mol. The van der Waals surface area contributed by atoms with E-state index in [9.17, 15) is 19.5 Å². The highest BCUT2D eigenvalue weighted by molar-refractivity contribution is 6.06. The average molecular weight is 784 g/mol. The van der Waals surface area contributed by atoms with Gasteiger partial charge in [0.25, 0.3) is 5.91 Å². The number of carbonyl (C=O) groups is 3. The minimum Gasteiger partial charge on any atom is -0.508 e. The Labute approximate surface area is 338 Å². The molecule has 58 heavy (non-hydrogen) atoms. The number of ether oxygens (including phenoxy) is 3. The molecule has 4 aromatic rings. The Kier molecular flexibility index (Phi) is 9.39. The highest BCUT2D eigenvalue weighted by Gasteiger charge is 2.43. The standard InChI is InChI=1S/C46H49N5O7/c1-56-34-9-4-29(5-10-34)38-27-57-41-22-33(52)8-11-36(41)43(38)30-2-6-31(7-3-30)49-18-16-28(17-19-49)23-48-20-21-50-32(24-48)26-58-44-37-25-51(40-14-15-42(53)47-45(40)54)46(55)35(37)12-13-39(44)50/h2-13,22,28,32,38,40,43,52H,14-21,23-27H2,1H3,(H,47,53,54)/t32-,38+,40?,43+/m0/s1. The van der Waals surface area contributed by atoms with Gasteiger partial charge in [-0.1, -0.05) is 30.3 Å². The van der Waals surface area contributed by atoms with Crippen molar-refractivity contribution in [3.05, 3.63) is 107 Å². The van der Waals surface area contributed by atoms with Gasteiger partial charge < -0.3 is 34.0 Å². The number of anilines is 2. The van der Waals surface area contributed by atoms with E-state index in [1.165, 1.54) is 16.8 Å². The number of phenols is 1. The van der Waals surface area contributed by atoms with Crippen molar-refractivity contribution in [3.63, 3.8) is 0 Å². The zero-order valence-corrected chi connectivity index (χ0v) is 32.8. The van der Waals surface area contributed by atoms with Crippen molar-refractivity contribution in [2.75, 3.05) is 69.4 Å². The molecule has 3 amide bonds. The van der Waals surface area contributed by atoms with E-state index in [2.05, 4.69) is 56.4 Å². The van der Waals surface area contributed by atoms with Crippen LogP contribution in [0.25, 0.3) is 0 Å². The van der Waals surface area contributed by atoms with Crippen LogP contribution in [0, 0.1) is 5.92 Å². The number of fused-ring (bicyclic) bond motifs is 6. The number of carbonyl (C=O) groups excluding carboxylic acids is 3. The molecule has 3 saturated heterocycles. The van der Waals surface area contributed by atoms with Gasteiger partial charge in [0.15, 0.2) is 0 Å². The number of rotatable bonds is 7. The molecule has 6 heterocycles. The minimum atomic E-state index is -0.640. The first-order valence-corrected chi connectivity index (χ1v) is 20.7. The Balaban J connectivity index is 0.760. The van der Waals surface area contributed by atoms with Crippen molar-refractivity contribution >= 4 is 29.1 Å². The maximum atomic E-state index is 13.4. The first-order chi connectivity index (χ1) is 28.3. The van der Waals surface area contributed by atoms with Gasteiger partial charge >= 0.3 is 0 Å². The van der Waals surface area contributed by atoms with Crippen LogP contribution in [0.4, 0.5) is 11.4 Å². The summed E-state index contributed by atoms with van der Waals surface area (Å²) in [6, 6.07) is 26.3. The maximum Gasteiger partial charge on any atom is 0.255 e. The number of amides is 3. The molecule has 0 aliphatic carbocycles. The SMILES string of the molecule is COc1ccc([C@H]2COc3cc(O)ccc3[C@H]2c2ccc(N3CCC(CN4CCN5c6ccc7c(c6OC[C@@H]5C4)CN(C4CCC(=O)NC4=O)C7=O)CC3)cc2)cc1. The number of hydrogen-bond acceptors (Lipinski definition) is 10. The third-order valence-corrected chi connectivity index (χ3v) is 13.4. The summed E-state index contributed by atoms with van der Waals surface area (Å²) in [7, 11) is 1.68. The number of phenolic OH excluding ortho intramolecular Hbond substituents is 1. The van der Waals surface area contributed by atoms with E-state index in [0.29, 0.717) is 37.7 Å². The van der Waals surface area contributed by atoms with Gasteiger partial charge in [0.1, 0.15) is 35.6 Å². The number of imide groups is 1. The van der Waals surface area contributed by atoms with E-state index in [1.807, 2.05) is 30.3 Å². The van der Waals surface area contributed by atoms with E-state index in [0.717, 1.165) is 86.2 Å². The normalized spacial score (nSPS) is 24.6. The van der Waals surface area contributed by atoms with Crippen molar-refractivity contribution in [1.29, 1.82) is 0 Å². The predicted octanol–water partition coefficient (Wildman–Crippen LogP) is 5.27. The van der Waals surface area contributed by atoms with Crippen LogP contribution < -0.4 is 29.3 Å². The van der Waals surface area contributed by atoms with Crippen molar-refractivity contribution in [2.45, 2.75) is 56.1 Å². The first-order valence-electron chi connectivity index (χ1n) is 20.7. The summed E-state index contributed by atoms with van der Waals surface area (Å²) in [4.78, 5) is 46.9. The lowest BCUT2D eigenvalue weighted by Gasteiger charge is -2.47. The molecule has 12 nitrogen and oxygen atoms in total. The molecule has 1 unspecified atom stereocenters. The number of piperidine rings is 2. The summed E-state index contributed by atoms with van der Waals surface area (Å²) in [5.41, 5.74) is 7.23. The first kappa shape index (κ1) is 36.6. The number of aromatic hydroxyl groups is 1. The molecule has 0 bridgehead atoms. The van der Waals surface area contributed by atoms with Gasteiger partial charge in [0.05, 0.1) is 32.0 Å². The predicted molar refractivity (Wildman–Crippen MR) is 218 cm³/mol. The Morgan fingerprint density at radius 1 is 0.828 bits per heavy atom. The van der Waals surface area contributed by atoms with Gasteiger partial charge in [0.2, 0.25) is 11.8 Å². The zero-order valence-electron chi connectivity index (χ0n) is 32.8. The molecule has 4 atom stereocenters. The molecular formula is C46H49N5O7. The number of nitrogens with one attached hydrogen (secondary N) is 1. The van der Waals surface area contributed by atoms with Crippen molar-refractivity contribution in [2.24, 2.45) is 5.92 Å². The van der Waals surface area contributed by atoms with Crippen molar-refractivity contribution < 1.29 is 33.7 Å². The van der Waals surface area contributed by atoms with Crippen LogP contribution in [-0.4, -0.2) is 104 Å². The smallest absolute Gasteiger partial charge is 0.255 e. The summed E-state index contributed by atoms with van der Waals surface area (Å²) in [5, 5.41) is 12.6. The summed E-state index contributed by atoms with van der Waals surface area (Å²) in [6.07, 6.45) is 2.87. The van der Waals surface area contributed by atoms with E-state index >= 15 is 0 Å². The lowest BCUT2D eigenvalue weighted by Crippen LogP contribution is -2.58.